The molecule has 0 aromatic heterocycles. The maximum absolute atomic E-state index is 9.21. The second-order valence-corrected chi connectivity index (χ2v) is 7.52. The third-order valence-corrected chi connectivity index (χ3v) is 5.40. The Morgan fingerprint density at radius 1 is 1.13 bits per heavy atom. The topological polar surface area (TPSA) is 38.7 Å². The molecule has 3 heteroatoms. The molecule has 2 rings (SSSR count). The number of aliphatic hydroxyl groups excluding tert-OH is 1. The summed E-state index contributed by atoms with van der Waals surface area (Å²) in [7, 11) is 0. The van der Waals surface area contributed by atoms with Gasteiger partial charge >= 0.3 is 0 Å². The molecule has 3 nitrogen and oxygen atoms in total. The molecule has 0 bridgehead atoms. The van der Waals surface area contributed by atoms with Gasteiger partial charge in [-0.1, -0.05) is 37.6 Å². The van der Waals surface area contributed by atoms with Crippen LogP contribution in [-0.2, 0) is 9.47 Å². The van der Waals surface area contributed by atoms with Gasteiger partial charge in [-0.05, 0) is 57.8 Å². The van der Waals surface area contributed by atoms with Gasteiger partial charge in [-0.2, -0.15) is 0 Å². The summed E-state index contributed by atoms with van der Waals surface area (Å²) in [6.45, 7) is 9.05. The molecule has 0 aliphatic carbocycles. The lowest BCUT2D eigenvalue weighted by Crippen LogP contribution is -2.37. The second-order valence-electron chi connectivity index (χ2n) is 7.52. The molecule has 1 N–H and O–H groups in total. The summed E-state index contributed by atoms with van der Waals surface area (Å²) in [5, 5.41) is 9.21. The van der Waals surface area contributed by atoms with E-state index in [1.165, 1.54) is 12.0 Å². The molecule has 2 fully saturated rings. The Morgan fingerprint density at radius 2 is 1.91 bits per heavy atom. The van der Waals surface area contributed by atoms with Crippen LogP contribution in [0.5, 0.6) is 0 Å². The van der Waals surface area contributed by atoms with Crippen LogP contribution in [0.4, 0.5) is 0 Å². The van der Waals surface area contributed by atoms with E-state index in [1.54, 1.807) is 0 Å². The fraction of sp³-hybridized carbons (Fsp3) is 0.800. The molecule has 132 valence electrons. The van der Waals surface area contributed by atoms with Gasteiger partial charge < -0.3 is 14.6 Å². The maximum Gasteiger partial charge on any atom is 0.0813 e. The Morgan fingerprint density at radius 3 is 2.65 bits per heavy atom. The standard InChI is InChI=1S/C20H34O3/c1-14(8-10-18-6-5-7-19(13-21)23-18)9-11-20-16(3)12-15(2)17(4)22-20/h8-10,15-21H,5-7,11-13H2,1-4H3/b10-8+,14-9+. The van der Waals surface area contributed by atoms with E-state index in [1.807, 2.05) is 0 Å². The van der Waals surface area contributed by atoms with Crippen LogP contribution >= 0.6 is 0 Å². The van der Waals surface area contributed by atoms with Gasteiger partial charge in [0.2, 0.25) is 0 Å². The van der Waals surface area contributed by atoms with E-state index in [9.17, 15) is 5.11 Å². The lowest BCUT2D eigenvalue weighted by Gasteiger charge is -2.37. The Kier molecular flexibility index (Phi) is 7.32. The van der Waals surface area contributed by atoms with E-state index in [0.717, 1.165) is 25.7 Å². The molecule has 0 radical (unpaired) electrons. The summed E-state index contributed by atoms with van der Waals surface area (Å²) in [4.78, 5) is 0. The third kappa shape index (κ3) is 5.74. The van der Waals surface area contributed by atoms with E-state index in [0.29, 0.717) is 24.0 Å². The molecule has 2 saturated heterocycles. The van der Waals surface area contributed by atoms with Crippen LogP contribution in [0.15, 0.2) is 23.8 Å². The number of aliphatic hydroxyl groups is 1. The lowest BCUT2D eigenvalue weighted by molar-refractivity contribution is -0.0958. The molecule has 2 heterocycles. The molecule has 2 aliphatic heterocycles. The predicted octanol–water partition coefficient (Wildman–Crippen LogP) is 4.26. The Labute approximate surface area is 141 Å². The van der Waals surface area contributed by atoms with Crippen LogP contribution in [0, 0.1) is 11.8 Å². The van der Waals surface area contributed by atoms with Gasteiger partial charge in [-0.3, -0.25) is 0 Å². The molecule has 6 unspecified atom stereocenters. The van der Waals surface area contributed by atoms with Crippen molar-refractivity contribution < 1.29 is 14.6 Å². The van der Waals surface area contributed by atoms with E-state index in [2.05, 4.69) is 45.9 Å². The first kappa shape index (κ1) is 18.7. The van der Waals surface area contributed by atoms with Crippen LogP contribution in [0.1, 0.15) is 59.8 Å². The van der Waals surface area contributed by atoms with Crippen molar-refractivity contribution in [2.75, 3.05) is 6.61 Å². The van der Waals surface area contributed by atoms with Crippen molar-refractivity contribution in [2.45, 2.75) is 84.2 Å². The minimum Gasteiger partial charge on any atom is -0.394 e. The molecule has 0 aromatic carbocycles. The number of hydrogen-bond donors (Lipinski definition) is 1. The number of ether oxygens (including phenoxy) is 2. The first-order valence-electron chi connectivity index (χ1n) is 9.26. The van der Waals surface area contributed by atoms with Crippen molar-refractivity contribution >= 4 is 0 Å². The van der Waals surface area contributed by atoms with Crippen molar-refractivity contribution in [1.82, 2.24) is 0 Å². The summed E-state index contributed by atoms with van der Waals surface area (Å²) in [6.07, 6.45) is 12.9. The van der Waals surface area contributed by atoms with E-state index < -0.39 is 0 Å². The number of hydrogen-bond acceptors (Lipinski definition) is 3. The van der Waals surface area contributed by atoms with E-state index in [4.69, 9.17) is 9.47 Å². The molecule has 0 amide bonds. The van der Waals surface area contributed by atoms with Crippen LogP contribution in [0.25, 0.3) is 0 Å². The van der Waals surface area contributed by atoms with Crippen molar-refractivity contribution in [3.63, 3.8) is 0 Å². The Bertz CT molecular complexity index is 415. The minimum atomic E-state index is 0.0163. The first-order chi connectivity index (χ1) is 11.0. The van der Waals surface area contributed by atoms with E-state index >= 15 is 0 Å². The van der Waals surface area contributed by atoms with Gasteiger partial charge in [0.25, 0.3) is 0 Å². The molecular weight excluding hydrogens is 288 g/mol. The lowest BCUT2D eigenvalue weighted by atomic mass is 9.85. The van der Waals surface area contributed by atoms with Gasteiger partial charge in [-0.15, -0.1) is 0 Å². The quantitative estimate of drug-likeness (QED) is 0.769. The monoisotopic (exact) mass is 322 g/mol. The van der Waals surface area contributed by atoms with Crippen LogP contribution < -0.4 is 0 Å². The van der Waals surface area contributed by atoms with Crippen LogP contribution in [-0.4, -0.2) is 36.1 Å². The highest BCUT2D eigenvalue weighted by molar-refractivity contribution is 5.17. The average molecular weight is 322 g/mol. The van der Waals surface area contributed by atoms with Gasteiger partial charge in [0, 0.05) is 0 Å². The highest BCUT2D eigenvalue weighted by atomic mass is 16.5. The summed E-state index contributed by atoms with van der Waals surface area (Å²) in [5.41, 5.74) is 1.27. The van der Waals surface area contributed by atoms with Crippen molar-refractivity contribution in [1.29, 1.82) is 0 Å². The molecule has 0 saturated carbocycles. The molecule has 6 atom stereocenters. The zero-order valence-electron chi connectivity index (χ0n) is 15.2. The van der Waals surface area contributed by atoms with Crippen LogP contribution in [0.3, 0.4) is 0 Å². The smallest absolute Gasteiger partial charge is 0.0813 e. The molecular formula is C20H34O3. The summed E-state index contributed by atoms with van der Waals surface area (Å²) < 4.78 is 12.0. The number of allylic oxidation sites excluding steroid dienone is 2. The summed E-state index contributed by atoms with van der Waals surface area (Å²) >= 11 is 0. The van der Waals surface area contributed by atoms with Gasteiger partial charge in [0.05, 0.1) is 31.0 Å². The summed E-state index contributed by atoms with van der Waals surface area (Å²) in [6, 6.07) is 0. The Balaban J connectivity index is 1.81. The fourth-order valence-electron chi connectivity index (χ4n) is 3.60. The first-order valence-corrected chi connectivity index (χ1v) is 9.26. The van der Waals surface area contributed by atoms with E-state index in [-0.39, 0.29) is 18.8 Å². The Hall–Kier alpha value is -0.640. The van der Waals surface area contributed by atoms with Crippen LogP contribution in [0.2, 0.25) is 0 Å². The van der Waals surface area contributed by atoms with Gasteiger partial charge in [-0.25, -0.2) is 0 Å². The van der Waals surface area contributed by atoms with Crippen molar-refractivity contribution in [3.05, 3.63) is 23.8 Å². The predicted molar refractivity (Wildman–Crippen MR) is 94.4 cm³/mol. The molecule has 2 aliphatic rings. The fourth-order valence-corrected chi connectivity index (χ4v) is 3.60. The normalized spacial score (nSPS) is 39.8. The largest absolute Gasteiger partial charge is 0.394 e. The maximum atomic E-state index is 9.21. The molecule has 0 aromatic rings. The zero-order valence-corrected chi connectivity index (χ0v) is 15.2. The SMILES string of the molecule is CC(/C=C/C1CCCC(CO)O1)=C\CC1OC(C)C(C)CC1C. The highest BCUT2D eigenvalue weighted by Gasteiger charge is 2.30. The van der Waals surface area contributed by atoms with Crippen molar-refractivity contribution in [2.24, 2.45) is 11.8 Å². The molecule has 0 spiro atoms. The zero-order chi connectivity index (χ0) is 16.8. The highest BCUT2D eigenvalue weighted by Crippen LogP contribution is 2.31. The molecule has 23 heavy (non-hydrogen) atoms. The van der Waals surface area contributed by atoms with Gasteiger partial charge in [0.1, 0.15) is 0 Å². The van der Waals surface area contributed by atoms with Gasteiger partial charge in [0.15, 0.2) is 0 Å². The second kappa shape index (κ2) is 9.00. The number of rotatable bonds is 5. The summed E-state index contributed by atoms with van der Waals surface area (Å²) in [5.74, 6) is 1.29. The average Bonchev–Trinajstić information content (AvgIpc) is 2.55. The minimum absolute atomic E-state index is 0.0163. The van der Waals surface area contributed by atoms with Crippen molar-refractivity contribution in [3.8, 4) is 0 Å². The third-order valence-electron chi connectivity index (χ3n) is 5.40.